The third-order valence-electron chi connectivity index (χ3n) is 3.73. The van der Waals surface area contributed by atoms with Gasteiger partial charge in [0.15, 0.2) is 6.10 Å². The number of benzene rings is 2. The molecule has 0 saturated heterocycles. The van der Waals surface area contributed by atoms with E-state index in [1.54, 1.807) is 25.1 Å². The maximum absolute atomic E-state index is 12.8. The molecule has 2 aromatic rings. The molecule has 2 rings (SSSR count). The summed E-state index contributed by atoms with van der Waals surface area (Å²) in [5.74, 6) is -1.51. The van der Waals surface area contributed by atoms with E-state index in [1.165, 1.54) is 43.3 Å². The molecule has 7 heteroatoms. The molecule has 1 N–H and O–H groups in total. The van der Waals surface area contributed by atoms with Crippen LogP contribution in [0.5, 0.6) is 0 Å². The predicted molar refractivity (Wildman–Crippen MR) is 104 cm³/mol. The van der Waals surface area contributed by atoms with E-state index in [0.29, 0.717) is 21.2 Å². The highest BCUT2D eigenvalue weighted by atomic mass is 35.5. The predicted octanol–water partition coefficient (Wildman–Crippen LogP) is 4.95. The SMILES string of the molecule is C[C@H](OC(=O)/C=C/c1ccc(F)cc1)C(=O)N[C@@H](C)c1ccc(Cl)cc1Cl. The molecule has 2 aromatic carbocycles. The summed E-state index contributed by atoms with van der Waals surface area (Å²) in [4.78, 5) is 24.1. The minimum atomic E-state index is -0.996. The van der Waals surface area contributed by atoms with E-state index in [1.807, 2.05) is 0 Å². The van der Waals surface area contributed by atoms with Crippen molar-refractivity contribution in [2.75, 3.05) is 0 Å². The fraction of sp³-hybridized carbons (Fsp3) is 0.200. The molecule has 0 fully saturated rings. The van der Waals surface area contributed by atoms with Crippen molar-refractivity contribution < 1.29 is 18.7 Å². The number of carbonyl (C=O) groups is 2. The van der Waals surface area contributed by atoms with E-state index >= 15 is 0 Å². The minimum absolute atomic E-state index is 0.366. The van der Waals surface area contributed by atoms with Crippen LogP contribution in [0, 0.1) is 5.82 Å². The Kier molecular flexibility index (Phi) is 7.39. The van der Waals surface area contributed by atoms with Crippen LogP contribution in [0.25, 0.3) is 6.08 Å². The van der Waals surface area contributed by atoms with Gasteiger partial charge in [0.25, 0.3) is 5.91 Å². The van der Waals surface area contributed by atoms with Crippen LogP contribution >= 0.6 is 23.2 Å². The molecule has 0 unspecified atom stereocenters. The Bertz CT molecular complexity index is 853. The van der Waals surface area contributed by atoms with Crippen LogP contribution in [0.1, 0.15) is 31.0 Å². The van der Waals surface area contributed by atoms with Gasteiger partial charge in [0.2, 0.25) is 0 Å². The summed E-state index contributed by atoms with van der Waals surface area (Å²) in [5, 5.41) is 3.66. The highest BCUT2D eigenvalue weighted by Gasteiger charge is 2.20. The number of esters is 1. The highest BCUT2D eigenvalue weighted by Crippen LogP contribution is 2.26. The molecule has 0 saturated carbocycles. The Morgan fingerprint density at radius 2 is 1.78 bits per heavy atom. The van der Waals surface area contributed by atoms with E-state index in [-0.39, 0.29) is 5.82 Å². The molecule has 0 aliphatic carbocycles. The van der Waals surface area contributed by atoms with Gasteiger partial charge in [0, 0.05) is 16.1 Å². The monoisotopic (exact) mass is 409 g/mol. The van der Waals surface area contributed by atoms with Crippen LogP contribution in [0.3, 0.4) is 0 Å². The van der Waals surface area contributed by atoms with Gasteiger partial charge in [-0.3, -0.25) is 4.79 Å². The topological polar surface area (TPSA) is 55.4 Å². The molecule has 0 aliphatic rings. The zero-order valence-electron chi connectivity index (χ0n) is 14.7. The third kappa shape index (κ3) is 6.38. The summed E-state index contributed by atoms with van der Waals surface area (Å²) in [6, 6.07) is 10.2. The fourth-order valence-electron chi connectivity index (χ4n) is 2.27. The molecule has 4 nitrogen and oxygen atoms in total. The first kappa shape index (κ1) is 20.9. The van der Waals surface area contributed by atoms with Crippen molar-refractivity contribution in [1.29, 1.82) is 0 Å². The van der Waals surface area contributed by atoms with Gasteiger partial charge >= 0.3 is 5.97 Å². The van der Waals surface area contributed by atoms with Gasteiger partial charge in [0.05, 0.1) is 6.04 Å². The summed E-state index contributed by atoms with van der Waals surface area (Å²) < 4.78 is 17.9. The van der Waals surface area contributed by atoms with E-state index in [4.69, 9.17) is 27.9 Å². The number of ether oxygens (including phenoxy) is 1. The summed E-state index contributed by atoms with van der Waals surface area (Å²) in [6.07, 6.45) is 1.66. The molecule has 2 atom stereocenters. The Morgan fingerprint density at radius 3 is 2.41 bits per heavy atom. The number of carbonyl (C=O) groups excluding carboxylic acids is 2. The molecule has 0 radical (unpaired) electrons. The number of amides is 1. The van der Waals surface area contributed by atoms with Gasteiger partial charge < -0.3 is 10.1 Å². The lowest BCUT2D eigenvalue weighted by Crippen LogP contribution is -2.37. The Balaban J connectivity index is 1.90. The van der Waals surface area contributed by atoms with Crippen molar-refractivity contribution in [2.24, 2.45) is 0 Å². The number of nitrogens with one attached hydrogen (secondary N) is 1. The van der Waals surface area contributed by atoms with Crippen LogP contribution in [0.4, 0.5) is 4.39 Å². The molecule has 1 amide bonds. The largest absolute Gasteiger partial charge is 0.449 e. The van der Waals surface area contributed by atoms with Gasteiger partial charge in [-0.1, -0.05) is 41.4 Å². The molecule has 0 bridgehead atoms. The molecule has 0 spiro atoms. The second-order valence-corrected chi connectivity index (χ2v) is 6.70. The number of hydrogen-bond donors (Lipinski definition) is 1. The number of halogens is 3. The maximum atomic E-state index is 12.8. The first-order valence-corrected chi connectivity index (χ1v) is 8.91. The van der Waals surface area contributed by atoms with Crippen molar-refractivity contribution in [1.82, 2.24) is 5.32 Å². The van der Waals surface area contributed by atoms with Crippen LogP contribution in [0.2, 0.25) is 10.0 Å². The summed E-state index contributed by atoms with van der Waals surface area (Å²) >= 11 is 12.0. The average molecular weight is 410 g/mol. The smallest absolute Gasteiger partial charge is 0.331 e. The first-order chi connectivity index (χ1) is 12.8. The van der Waals surface area contributed by atoms with Gasteiger partial charge in [-0.2, -0.15) is 0 Å². The van der Waals surface area contributed by atoms with E-state index in [0.717, 1.165) is 0 Å². The summed E-state index contributed by atoms with van der Waals surface area (Å²) in [7, 11) is 0. The van der Waals surface area contributed by atoms with Gasteiger partial charge in [-0.15, -0.1) is 0 Å². The minimum Gasteiger partial charge on any atom is -0.449 e. The lowest BCUT2D eigenvalue weighted by Gasteiger charge is -2.19. The Hall–Kier alpha value is -2.37. The summed E-state index contributed by atoms with van der Waals surface area (Å²) in [6.45, 7) is 3.23. The average Bonchev–Trinajstić information content (AvgIpc) is 2.61. The normalized spacial score (nSPS) is 13.2. The van der Waals surface area contributed by atoms with Crippen LogP contribution in [0.15, 0.2) is 48.5 Å². The molecule has 27 heavy (non-hydrogen) atoms. The first-order valence-electron chi connectivity index (χ1n) is 8.16. The Labute approximate surface area is 166 Å². The zero-order valence-corrected chi connectivity index (χ0v) is 16.2. The quantitative estimate of drug-likeness (QED) is 0.541. The van der Waals surface area contributed by atoms with E-state index in [2.05, 4.69) is 5.32 Å². The fourth-order valence-corrected chi connectivity index (χ4v) is 2.84. The molecular formula is C20H18Cl2FNO3. The van der Waals surface area contributed by atoms with Crippen LogP contribution in [-0.4, -0.2) is 18.0 Å². The van der Waals surface area contributed by atoms with Crippen molar-refractivity contribution in [3.8, 4) is 0 Å². The zero-order chi connectivity index (χ0) is 20.0. The molecule has 0 aliphatic heterocycles. The van der Waals surface area contributed by atoms with Crippen molar-refractivity contribution in [2.45, 2.75) is 26.0 Å². The van der Waals surface area contributed by atoms with Crippen molar-refractivity contribution >= 4 is 41.2 Å². The molecule has 142 valence electrons. The number of hydrogen-bond acceptors (Lipinski definition) is 3. The van der Waals surface area contributed by atoms with E-state index < -0.39 is 24.0 Å². The van der Waals surface area contributed by atoms with Crippen LogP contribution < -0.4 is 5.32 Å². The van der Waals surface area contributed by atoms with Crippen molar-refractivity contribution in [3.63, 3.8) is 0 Å². The van der Waals surface area contributed by atoms with Crippen molar-refractivity contribution in [3.05, 3.63) is 75.5 Å². The summed E-state index contributed by atoms with van der Waals surface area (Å²) in [5.41, 5.74) is 1.33. The van der Waals surface area contributed by atoms with Crippen LogP contribution in [-0.2, 0) is 14.3 Å². The third-order valence-corrected chi connectivity index (χ3v) is 4.29. The maximum Gasteiger partial charge on any atom is 0.331 e. The standard InChI is InChI=1S/C20H18Cl2FNO3/c1-12(17-9-6-15(21)11-18(17)22)24-20(26)13(2)27-19(25)10-5-14-3-7-16(23)8-4-14/h3-13H,1-2H3,(H,24,26)/b10-5+/t12-,13-/m0/s1. The lowest BCUT2D eigenvalue weighted by atomic mass is 10.1. The molecular weight excluding hydrogens is 392 g/mol. The van der Waals surface area contributed by atoms with Gasteiger partial charge in [-0.25, -0.2) is 9.18 Å². The number of rotatable bonds is 6. The van der Waals surface area contributed by atoms with Gasteiger partial charge in [-0.05, 0) is 55.3 Å². The second kappa shape index (κ2) is 9.53. The Morgan fingerprint density at radius 1 is 1.11 bits per heavy atom. The molecule has 0 aromatic heterocycles. The van der Waals surface area contributed by atoms with Gasteiger partial charge in [0.1, 0.15) is 5.82 Å². The second-order valence-electron chi connectivity index (χ2n) is 5.86. The molecule has 0 heterocycles. The van der Waals surface area contributed by atoms with E-state index in [9.17, 15) is 14.0 Å². The lowest BCUT2D eigenvalue weighted by molar-refractivity contribution is -0.150. The highest BCUT2D eigenvalue weighted by molar-refractivity contribution is 6.35.